The Kier molecular flexibility index (Phi) is 5.85. The van der Waals surface area contributed by atoms with Crippen molar-refractivity contribution in [3.63, 3.8) is 0 Å². The van der Waals surface area contributed by atoms with Crippen molar-refractivity contribution in [2.75, 3.05) is 32.5 Å². The summed E-state index contributed by atoms with van der Waals surface area (Å²) in [4.78, 5) is 0. The van der Waals surface area contributed by atoms with E-state index in [1.807, 2.05) is 20.9 Å². The second-order valence-electron chi connectivity index (χ2n) is 4.70. The van der Waals surface area contributed by atoms with Crippen molar-refractivity contribution >= 4 is 10.0 Å². The third-order valence-electron chi connectivity index (χ3n) is 3.05. The number of nitrogens with one attached hydrogen (secondary N) is 1. The Hall–Kier alpha value is -0.170. The zero-order valence-electron chi connectivity index (χ0n) is 11.0. The minimum Gasteiger partial charge on any atom is -0.378 e. The van der Waals surface area contributed by atoms with E-state index in [1.165, 1.54) is 0 Å². The molecule has 0 amide bonds. The lowest BCUT2D eigenvalue weighted by atomic mass is 10.1. The summed E-state index contributed by atoms with van der Waals surface area (Å²) in [6, 6.07) is 0.452. The van der Waals surface area contributed by atoms with Gasteiger partial charge in [-0.25, -0.2) is 12.7 Å². The lowest BCUT2D eigenvalue weighted by Crippen LogP contribution is -2.45. The van der Waals surface area contributed by atoms with Gasteiger partial charge in [0.05, 0.1) is 18.5 Å². The van der Waals surface area contributed by atoms with Gasteiger partial charge in [0.15, 0.2) is 0 Å². The van der Waals surface area contributed by atoms with Gasteiger partial charge in [-0.15, -0.1) is 0 Å². The number of rotatable bonds is 6. The van der Waals surface area contributed by atoms with Crippen LogP contribution in [0.25, 0.3) is 0 Å². The third-order valence-corrected chi connectivity index (χ3v) is 4.88. The summed E-state index contributed by atoms with van der Waals surface area (Å²) in [5.41, 5.74) is 0. The van der Waals surface area contributed by atoms with Gasteiger partial charge in [0.1, 0.15) is 0 Å². The molecular formula is C11H24N2O3S. The molecule has 0 atom stereocenters. The molecule has 1 rings (SSSR count). The van der Waals surface area contributed by atoms with Crippen molar-refractivity contribution in [3.8, 4) is 0 Å². The molecular weight excluding hydrogens is 240 g/mol. The van der Waals surface area contributed by atoms with Crippen LogP contribution in [0.5, 0.6) is 0 Å². The SMILES string of the molecule is CNC1CCN(S(=O)(=O)CCOC(C)C)CC1. The first-order valence-corrected chi connectivity index (χ1v) is 7.83. The van der Waals surface area contributed by atoms with Crippen LogP contribution in [-0.4, -0.2) is 57.4 Å². The molecule has 0 bridgehead atoms. The maximum absolute atomic E-state index is 12.0. The molecule has 0 unspecified atom stereocenters. The molecule has 1 heterocycles. The third kappa shape index (κ3) is 4.91. The van der Waals surface area contributed by atoms with Crippen molar-refractivity contribution < 1.29 is 13.2 Å². The first kappa shape index (κ1) is 14.9. The molecule has 17 heavy (non-hydrogen) atoms. The van der Waals surface area contributed by atoms with E-state index in [2.05, 4.69) is 5.32 Å². The predicted molar refractivity (Wildman–Crippen MR) is 68.5 cm³/mol. The number of nitrogens with zero attached hydrogens (tertiary/aromatic N) is 1. The normalized spacial score (nSPS) is 20.0. The molecule has 0 radical (unpaired) electrons. The molecule has 1 aliphatic heterocycles. The second-order valence-corrected chi connectivity index (χ2v) is 6.79. The largest absolute Gasteiger partial charge is 0.378 e. The molecule has 0 aromatic heterocycles. The zero-order valence-corrected chi connectivity index (χ0v) is 11.8. The maximum atomic E-state index is 12.0. The second kappa shape index (κ2) is 6.68. The molecule has 0 aromatic carbocycles. The van der Waals surface area contributed by atoms with Gasteiger partial charge in [0.25, 0.3) is 0 Å². The minimum atomic E-state index is -3.13. The molecule has 1 saturated heterocycles. The van der Waals surface area contributed by atoms with Crippen molar-refractivity contribution in [1.29, 1.82) is 0 Å². The molecule has 0 aromatic rings. The summed E-state index contributed by atoms with van der Waals surface area (Å²) in [6.45, 7) is 5.34. The van der Waals surface area contributed by atoms with E-state index in [-0.39, 0.29) is 18.5 Å². The van der Waals surface area contributed by atoms with Crippen LogP contribution >= 0.6 is 0 Å². The molecule has 6 heteroatoms. The highest BCUT2D eigenvalue weighted by molar-refractivity contribution is 7.89. The Morgan fingerprint density at radius 3 is 2.41 bits per heavy atom. The lowest BCUT2D eigenvalue weighted by Gasteiger charge is -2.31. The fraction of sp³-hybridized carbons (Fsp3) is 1.00. The molecule has 1 aliphatic rings. The standard InChI is InChI=1S/C11H24N2O3S/c1-10(2)16-8-9-17(14,15)13-6-4-11(12-3)5-7-13/h10-12H,4-9H2,1-3H3. The quantitative estimate of drug-likeness (QED) is 0.755. The topological polar surface area (TPSA) is 58.6 Å². The monoisotopic (exact) mass is 264 g/mol. The molecule has 1 fully saturated rings. The van der Waals surface area contributed by atoms with Gasteiger partial charge in [-0.1, -0.05) is 0 Å². The molecule has 5 nitrogen and oxygen atoms in total. The van der Waals surface area contributed by atoms with Crippen LogP contribution in [0.2, 0.25) is 0 Å². The number of hydrogen-bond acceptors (Lipinski definition) is 4. The van der Waals surface area contributed by atoms with Crippen molar-refractivity contribution in [2.24, 2.45) is 0 Å². The number of hydrogen-bond donors (Lipinski definition) is 1. The zero-order chi connectivity index (χ0) is 12.9. The van der Waals surface area contributed by atoms with Crippen LogP contribution in [0, 0.1) is 0 Å². The molecule has 0 spiro atoms. The number of sulfonamides is 1. The summed E-state index contributed by atoms with van der Waals surface area (Å²) in [6.07, 6.45) is 1.86. The summed E-state index contributed by atoms with van der Waals surface area (Å²) in [5, 5.41) is 3.19. The lowest BCUT2D eigenvalue weighted by molar-refractivity contribution is 0.0905. The Morgan fingerprint density at radius 2 is 1.94 bits per heavy atom. The number of piperidine rings is 1. The molecule has 102 valence electrons. The highest BCUT2D eigenvalue weighted by Gasteiger charge is 2.26. The first-order valence-electron chi connectivity index (χ1n) is 6.22. The average Bonchev–Trinajstić information content (AvgIpc) is 2.28. The van der Waals surface area contributed by atoms with Crippen molar-refractivity contribution in [1.82, 2.24) is 9.62 Å². The summed E-state index contributed by atoms with van der Waals surface area (Å²) in [7, 11) is -1.21. The van der Waals surface area contributed by atoms with E-state index < -0.39 is 10.0 Å². The predicted octanol–water partition coefficient (Wildman–Crippen LogP) is 0.425. The van der Waals surface area contributed by atoms with Gasteiger partial charge in [0.2, 0.25) is 10.0 Å². The maximum Gasteiger partial charge on any atom is 0.216 e. The fourth-order valence-corrected chi connectivity index (χ4v) is 3.27. The van der Waals surface area contributed by atoms with Gasteiger partial charge >= 0.3 is 0 Å². The average molecular weight is 264 g/mol. The Labute approximate surface area is 105 Å². The summed E-state index contributed by atoms with van der Waals surface area (Å²) in [5.74, 6) is 0.0927. The van der Waals surface area contributed by atoms with E-state index in [0.29, 0.717) is 19.1 Å². The van der Waals surface area contributed by atoms with E-state index >= 15 is 0 Å². The summed E-state index contributed by atoms with van der Waals surface area (Å²) < 4.78 is 30.9. The summed E-state index contributed by atoms with van der Waals surface area (Å²) >= 11 is 0. The highest BCUT2D eigenvalue weighted by Crippen LogP contribution is 2.14. The van der Waals surface area contributed by atoms with Crippen LogP contribution in [0.1, 0.15) is 26.7 Å². The molecule has 1 N–H and O–H groups in total. The van der Waals surface area contributed by atoms with Crippen LogP contribution < -0.4 is 5.32 Å². The number of ether oxygens (including phenoxy) is 1. The Bertz CT molecular complexity index is 309. The smallest absolute Gasteiger partial charge is 0.216 e. The Morgan fingerprint density at radius 1 is 1.35 bits per heavy atom. The van der Waals surface area contributed by atoms with Crippen LogP contribution in [0.3, 0.4) is 0 Å². The van der Waals surface area contributed by atoms with Crippen LogP contribution in [0.15, 0.2) is 0 Å². The van der Waals surface area contributed by atoms with Gasteiger partial charge in [0, 0.05) is 19.1 Å². The molecule has 0 aliphatic carbocycles. The van der Waals surface area contributed by atoms with E-state index in [1.54, 1.807) is 4.31 Å². The van der Waals surface area contributed by atoms with E-state index in [0.717, 1.165) is 12.8 Å². The van der Waals surface area contributed by atoms with Crippen molar-refractivity contribution in [3.05, 3.63) is 0 Å². The van der Waals surface area contributed by atoms with Gasteiger partial charge in [-0.05, 0) is 33.7 Å². The molecule has 0 saturated carbocycles. The van der Waals surface area contributed by atoms with Crippen molar-refractivity contribution in [2.45, 2.75) is 38.8 Å². The first-order chi connectivity index (χ1) is 7.95. The minimum absolute atomic E-state index is 0.0835. The fourth-order valence-electron chi connectivity index (χ4n) is 1.94. The highest BCUT2D eigenvalue weighted by atomic mass is 32.2. The van der Waals surface area contributed by atoms with Crippen LogP contribution in [-0.2, 0) is 14.8 Å². The van der Waals surface area contributed by atoms with Gasteiger partial charge < -0.3 is 10.1 Å². The van der Waals surface area contributed by atoms with E-state index in [4.69, 9.17) is 4.74 Å². The van der Waals surface area contributed by atoms with Gasteiger partial charge in [-0.3, -0.25) is 0 Å². The van der Waals surface area contributed by atoms with Gasteiger partial charge in [-0.2, -0.15) is 0 Å². The van der Waals surface area contributed by atoms with E-state index in [9.17, 15) is 8.42 Å². The van der Waals surface area contributed by atoms with Crippen LogP contribution in [0.4, 0.5) is 0 Å². The Balaban J connectivity index is 2.38.